The Morgan fingerprint density at radius 1 is 0.511 bits per heavy atom. The third-order valence-electron chi connectivity index (χ3n) is 9.04. The summed E-state index contributed by atoms with van der Waals surface area (Å²) in [6.45, 7) is 9.11. The summed E-state index contributed by atoms with van der Waals surface area (Å²) >= 11 is 0. The third-order valence-corrected chi connectivity index (χ3v) is 9.04. The molecule has 47 heavy (non-hydrogen) atoms. The first-order chi connectivity index (χ1) is 22.7. The van der Waals surface area contributed by atoms with Crippen LogP contribution >= 0.6 is 0 Å². The van der Waals surface area contributed by atoms with Crippen LogP contribution in [0.25, 0.3) is 0 Å². The molecule has 2 aromatic rings. The van der Waals surface area contributed by atoms with Crippen molar-refractivity contribution in [1.82, 2.24) is 0 Å². The first-order valence-electron chi connectivity index (χ1n) is 19.7. The maximum atomic E-state index is 5.28. The molecular formula is C44H70N2Ni. The zero-order chi connectivity index (χ0) is 32.9. The summed E-state index contributed by atoms with van der Waals surface area (Å²) in [6, 6.07) is 17.8. The molecule has 3 heteroatoms. The minimum atomic E-state index is 0. The smallest absolute Gasteiger partial charge is 0.0848 e. The van der Waals surface area contributed by atoms with E-state index in [9.17, 15) is 0 Å². The van der Waals surface area contributed by atoms with Gasteiger partial charge in [-0.25, -0.2) is 4.99 Å². The molecule has 2 aromatic carbocycles. The number of aliphatic imine (C=N–C) groups is 2. The summed E-state index contributed by atoms with van der Waals surface area (Å²) in [5.74, 6) is 0. The summed E-state index contributed by atoms with van der Waals surface area (Å²) in [6.07, 6.45) is 35.5. The summed E-state index contributed by atoms with van der Waals surface area (Å²) < 4.78 is 0. The normalized spacial score (nSPS) is 12.2. The molecule has 0 fully saturated rings. The molecule has 0 N–H and O–H groups in total. The topological polar surface area (TPSA) is 24.7 Å². The van der Waals surface area contributed by atoms with Gasteiger partial charge in [0.15, 0.2) is 0 Å². The van der Waals surface area contributed by atoms with Crippen LogP contribution in [0.15, 0.2) is 70.7 Å². The zero-order valence-electron chi connectivity index (χ0n) is 31.0. The summed E-state index contributed by atoms with van der Waals surface area (Å²) in [4.78, 5) is 10.6. The number of allylic oxidation sites excluding steroid dienone is 2. The maximum absolute atomic E-state index is 5.28. The number of nitrogens with zero attached hydrogens (tertiary/aromatic N) is 2. The number of unbranched alkanes of at least 4 members (excludes halogenated alkanes) is 17. The molecular weight excluding hydrogens is 615 g/mol. The van der Waals surface area contributed by atoms with Crippen molar-refractivity contribution < 1.29 is 16.5 Å². The molecule has 0 heterocycles. The van der Waals surface area contributed by atoms with Crippen molar-refractivity contribution in [2.45, 2.75) is 182 Å². The van der Waals surface area contributed by atoms with Gasteiger partial charge in [-0.15, -0.1) is 0 Å². The van der Waals surface area contributed by atoms with Crippen LogP contribution in [-0.4, -0.2) is 11.4 Å². The van der Waals surface area contributed by atoms with Gasteiger partial charge in [0.05, 0.1) is 22.8 Å². The van der Waals surface area contributed by atoms with E-state index in [0.29, 0.717) is 0 Å². The van der Waals surface area contributed by atoms with Crippen molar-refractivity contribution >= 4 is 22.8 Å². The van der Waals surface area contributed by atoms with Crippen molar-refractivity contribution in [2.24, 2.45) is 9.98 Å². The predicted molar refractivity (Wildman–Crippen MR) is 208 cm³/mol. The summed E-state index contributed by atoms with van der Waals surface area (Å²) in [7, 11) is 0. The predicted octanol–water partition coefficient (Wildman–Crippen LogP) is 14.8. The molecule has 0 saturated carbocycles. The van der Waals surface area contributed by atoms with Crippen LogP contribution < -0.4 is 0 Å². The second-order valence-electron chi connectivity index (χ2n) is 13.5. The fraction of sp³-hybridized carbons (Fsp3) is 0.636. The van der Waals surface area contributed by atoms with E-state index in [1.807, 2.05) is 0 Å². The zero-order valence-corrected chi connectivity index (χ0v) is 31.9. The van der Waals surface area contributed by atoms with Crippen LogP contribution in [-0.2, 0) is 29.3 Å². The molecule has 0 bridgehead atoms. The molecule has 0 aliphatic carbocycles. The molecule has 0 amide bonds. The first-order valence-corrected chi connectivity index (χ1v) is 19.7. The molecule has 0 unspecified atom stereocenters. The molecule has 0 aliphatic heterocycles. The van der Waals surface area contributed by atoms with Crippen LogP contribution in [0.3, 0.4) is 0 Å². The standard InChI is InChI=1S/C44H70N2.Ni/c1-5-9-13-14-15-16-17-18-19-20-21-22-23-26-36-44(46-42-34-28-32-40(38-42)30-25-11-7-3)43(35-12-8-4)45-41-33-27-31-39(37-41)29-24-10-6-2;/h26-28,31-34,36-38H,5-25,29-30,35H2,1-4H3;. The Morgan fingerprint density at radius 3 is 1.47 bits per heavy atom. The number of hydrogen-bond acceptors (Lipinski definition) is 2. The molecule has 0 spiro atoms. The minimum absolute atomic E-state index is 0. The molecule has 0 aromatic heterocycles. The number of benzene rings is 2. The van der Waals surface area contributed by atoms with E-state index < -0.39 is 0 Å². The largest absolute Gasteiger partial charge is 0.251 e. The first kappa shape index (κ1) is 43.0. The Kier molecular flexibility index (Phi) is 27.6. The van der Waals surface area contributed by atoms with E-state index in [0.717, 1.165) is 61.3 Å². The van der Waals surface area contributed by atoms with Crippen molar-refractivity contribution in [3.05, 3.63) is 71.8 Å². The molecule has 266 valence electrons. The Morgan fingerprint density at radius 2 is 0.957 bits per heavy atom. The van der Waals surface area contributed by atoms with Gasteiger partial charge in [-0.05, 0) is 92.8 Å². The van der Waals surface area contributed by atoms with Crippen LogP contribution in [0.2, 0.25) is 0 Å². The second-order valence-corrected chi connectivity index (χ2v) is 13.5. The number of rotatable bonds is 28. The summed E-state index contributed by atoms with van der Waals surface area (Å²) in [5, 5.41) is 0. The van der Waals surface area contributed by atoms with Crippen LogP contribution in [0.1, 0.15) is 180 Å². The second kappa shape index (κ2) is 30.1. The average Bonchev–Trinajstić information content (AvgIpc) is 3.07. The molecule has 2 rings (SSSR count). The fourth-order valence-electron chi connectivity index (χ4n) is 6.10. The quantitative estimate of drug-likeness (QED) is 0.0484. The van der Waals surface area contributed by atoms with E-state index in [1.165, 1.54) is 127 Å². The van der Waals surface area contributed by atoms with Gasteiger partial charge in [-0.1, -0.05) is 161 Å². The van der Waals surface area contributed by atoms with E-state index in [2.05, 4.69) is 88.4 Å². The summed E-state index contributed by atoms with van der Waals surface area (Å²) in [5.41, 5.74) is 7.06. The SMILES string of the molecule is CCCCCCCCCCCCCCC=CC(=Nc1cccc(CCCCC)c1)C(CCCC)=Nc1cccc(CCCCC)c1.[Ni]. The van der Waals surface area contributed by atoms with Gasteiger partial charge >= 0.3 is 0 Å². The van der Waals surface area contributed by atoms with Crippen LogP contribution in [0, 0.1) is 0 Å². The van der Waals surface area contributed by atoms with E-state index in [-0.39, 0.29) is 16.5 Å². The monoisotopic (exact) mass is 684 g/mol. The fourth-order valence-corrected chi connectivity index (χ4v) is 6.10. The van der Waals surface area contributed by atoms with Gasteiger partial charge in [0.1, 0.15) is 0 Å². The van der Waals surface area contributed by atoms with Crippen molar-refractivity contribution in [1.29, 1.82) is 0 Å². The van der Waals surface area contributed by atoms with Crippen molar-refractivity contribution in [3.8, 4) is 0 Å². The van der Waals surface area contributed by atoms with E-state index in [1.54, 1.807) is 0 Å². The van der Waals surface area contributed by atoms with Crippen molar-refractivity contribution in [3.63, 3.8) is 0 Å². The molecule has 0 radical (unpaired) electrons. The Labute approximate surface area is 301 Å². The van der Waals surface area contributed by atoms with Gasteiger partial charge in [-0.3, -0.25) is 4.99 Å². The molecule has 0 aliphatic rings. The van der Waals surface area contributed by atoms with Crippen LogP contribution in [0.5, 0.6) is 0 Å². The maximum Gasteiger partial charge on any atom is 0.0848 e. The average molecular weight is 686 g/mol. The van der Waals surface area contributed by atoms with E-state index >= 15 is 0 Å². The van der Waals surface area contributed by atoms with E-state index in [4.69, 9.17) is 9.98 Å². The van der Waals surface area contributed by atoms with Gasteiger partial charge < -0.3 is 0 Å². The van der Waals surface area contributed by atoms with Gasteiger partial charge in [0.25, 0.3) is 0 Å². The molecule has 0 atom stereocenters. The number of aryl methyl sites for hydroxylation is 2. The third kappa shape index (κ3) is 21.6. The van der Waals surface area contributed by atoms with Crippen LogP contribution in [0.4, 0.5) is 11.4 Å². The molecule has 2 nitrogen and oxygen atoms in total. The van der Waals surface area contributed by atoms with Gasteiger partial charge in [0, 0.05) is 16.5 Å². The Balaban J connectivity index is 0.0000110. The minimum Gasteiger partial charge on any atom is -0.251 e. The Bertz CT molecular complexity index is 1120. The number of hydrogen-bond donors (Lipinski definition) is 0. The van der Waals surface area contributed by atoms with Gasteiger partial charge in [0.2, 0.25) is 0 Å². The van der Waals surface area contributed by atoms with Gasteiger partial charge in [-0.2, -0.15) is 0 Å². The van der Waals surface area contributed by atoms with Crippen molar-refractivity contribution in [2.75, 3.05) is 0 Å². The Hall–Kier alpha value is -1.99. The molecule has 0 saturated heterocycles.